The average Bonchev–Trinajstić information content (AvgIpc) is 3.06. The number of aromatic nitrogens is 3. The van der Waals surface area contributed by atoms with Gasteiger partial charge in [-0.15, -0.1) is 10.2 Å². The monoisotopic (exact) mass is 426 g/mol. The largest absolute Gasteiger partial charge is 0.416 e. The number of alkyl halides is 3. The van der Waals surface area contributed by atoms with Crippen molar-refractivity contribution in [2.24, 2.45) is 7.05 Å². The molecular weight excluding hydrogens is 413 g/mol. The number of carbonyl (C=O) groups is 1. The van der Waals surface area contributed by atoms with Gasteiger partial charge in [0.05, 0.1) is 16.3 Å². The molecule has 1 amide bonds. The van der Waals surface area contributed by atoms with Crippen LogP contribution in [0, 0.1) is 0 Å². The molecule has 0 radical (unpaired) electrons. The molecule has 2 aromatic carbocycles. The van der Waals surface area contributed by atoms with Gasteiger partial charge in [-0.05, 0) is 23.8 Å². The second-order valence-electron chi connectivity index (χ2n) is 5.81. The highest BCUT2D eigenvalue weighted by molar-refractivity contribution is 8.00. The summed E-state index contributed by atoms with van der Waals surface area (Å²) >= 11 is 7.12. The Morgan fingerprint density at radius 2 is 1.93 bits per heavy atom. The molecular formula is C18H14ClF3N4OS. The molecule has 1 aromatic heterocycles. The van der Waals surface area contributed by atoms with E-state index in [2.05, 4.69) is 15.5 Å². The molecule has 0 fully saturated rings. The fourth-order valence-corrected chi connectivity index (χ4v) is 3.52. The lowest BCUT2D eigenvalue weighted by atomic mass is 10.1. The quantitative estimate of drug-likeness (QED) is 0.586. The number of rotatable bonds is 5. The fraction of sp³-hybridized carbons (Fsp3) is 0.167. The molecule has 1 N–H and O–H groups in total. The maximum absolute atomic E-state index is 13.0. The maximum Gasteiger partial charge on any atom is 0.416 e. The van der Waals surface area contributed by atoms with E-state index in [1.165, 1.54) is 6.33 Å². The van der Waals surface area contributed by atoms with Crippen molar-refractivity contribution in [2.45, 2.75) is 16.6 Å². The van der Waals surface area contributed by atoms with Crippen LogP contribution in [0.15, 0.2) is 60.0 Å². The maximum atomic E-state index is 13.0. The van der Waals surface area contributed by atoms with E-state index < -0.39 is 22.9 Å². The van der Waals surface area contributed by atoms with Crippen molar-refractivity contribution in [1.82, 2.24) is 14.8 Å². The predicted octanol–water partition coefficient (Wildman–Crippen LogP) is 4.96. The van der Waals surface area contributed by atoms with Crippen LogP contribution in [0.25, 0.3) is 0 Å². The van der Waals surface area contributed by atoms with E-state index in [9.17, 15) is 18.0 Å². The van der Waals surface area contributed by atoms with Crippen LogP contribution in [-0.4, -0.2) is 20.7 Å². The Morgan fingerprint density at radius 1 is 1.21 bits per heavy atom. The number of benzene rings is 2. The van der Waals surface area contributed by atoms with Gasteiger partial charge in [0.2, 0.25) is 5.91 Å². The van der Waals surface area contributed by atoms with Crippen molar-refractivity contribution in [3.8, 4) is 0 Å². The Bertz CT molecular complexity index is 978. The van der Waals surface area contributed by atoms with Crippen molar-refractivity contribution >= 4 is 35.0 Å². The Hall–Kier alpha value is -2.52. The first-order valence-electron chi connectivity index (χ1n) is 7.99. The van der Waals surface area contributed by atoms with E-state index in [-0.39, 0.29) is 10.7 Å². The van der Waals surface area contributed by atoms with Crippen molar-refractivity contribution in [3.63, 3.8) is 0 Å². The standard InChI is InChI=1S/C18H14ClF3N4OS/c1-26-10-23-25-17(26)28-15(11-5-3-2-4-6-11)16(27)24-14-9-12(18(20,21)22)7-8-13(14)19/h2-10,15H,1H3,(H,24,27)/t15-/m0/s1. The summed E-state index contributed by atoms with van der Waals surface area (Å²) < 4.78 is 40.6. The summed E-state index contributed by atoms with van der Waals surface area (Å²) in [5, 5.41) is 9.97. The van der Waals surface area contributed by atoms with E-state index in [0.29, 0.717) is 10.7 Å². The summed E-state index contributed by atoms with van der Waals surface area (Å²) in [6.45, 7) is 0. The summed E-state index contributed by atoms with van der Waals surface area (Å²) in [6.07, 6.45) is -3.05. The molecule has 0 aliphatic heterocycles. The van der Waals surface area contributed by atoms with Crippen molar-refractivity contribution in [2.75, 3.05) is 5.32 Å². The van der Waals surface area contributed by atoms with Crippen LogP contribution < -0.4 is 5.32 Å². The third-order valence-corrected chi connectivity index (χ3v) is 5.42. The highest BCUT2D eigenvalue weighted by Crippen LogP contribution is 2.37. The first kappa shape index (κ1) is 20.2. The Morgan fingerprint density at radius 3 is 2.54 bits per heavy atom. The normalized spacial score (nSPS) is 12.6. The van der Waals surface area contributed by atoms with Gasteiger partial charge in [0.1, 0.15) is 11.6 Å². The number of hydrogen-bond donors (Lipinski definition) is 1. The van der Waals surface area contributed by atoms with Crippen LogP contribution in [0.1, 0.15) is 16.4 Å². The lowest BCUT2D eigenvalue weighted by Gasteiger charge is -2.18. The molecule has 28 heavy (non-hydrogen) atoms. The van der Waals surface area contributed by atoms with Crippen LogP contribution in [-0.2, 0) is 18.0 Å². The van der Waals surface area contributed by atoms with E-state index in [1.807, 2.05) is 0 Å². The molecule has 3 rings (SSSR count). The number of halogens is 4. The number of aryl methyl sites for hydroxylation is 1. The zero-order valence-electron chi connectivity index (χ0n) is 14.4. The van der Waals surface area contributed by atoms with E-state index in [0.717, 1.165) is 30.0 Å². The molecule has 0 unspecified atom stereocenters. The molecule has 10 heteroatoms. The van der Waals surface area contributed by atoms with Gasteiger partial charge < -0.3 is 9.88 Å². The lowest BCUT2D eigenvalue weighted by molar-refractivity contribution is -0.137. The minimum absolute atomic E-state index is 0.0109. The first-order valence-corrected chi connectivity index (χ1v) is 9.24. The number of amides is 1. The molecule has 1 atom stereocenters. The van der Waals surface area contributed by atoms with Gasteiger partial charge in [0, 0.05) is 7.05 Å². The molecule has 5 nitrogen and oxygen atoms in total. The van der Waals surface area contributed by atoms with Crippen molar-refractivity contribution in [3.05, 3.63) is 71.0 Å². The number of thioether (sulfide) groups is 1. The topological polar surface area (TPSA) is 59.8 Å². The van der Waals surface area contributed by atoms with Gasteiger partial charge in [-0.25, -0.2) is 0 Å². The Kier molecular flexibility index (Phi) is 5.95. The molecule has 0 spiro atoms. The lowest BCUT2D eigenvalue weighted by Crippen LogP contribution is -2.20. The van der Waals surface area contributed by atoms with Crippen molar-refractivity contribution in [1.29, 1.82) is 0 Å². The highest BCUT2D eigenvalue weighted by atomic mass is 35.5. The molecule has 1 heterocycles. The second-order valence-corrected chi connectivity index (χ2v) is 7.29. The Labute approximate surface area is 167 Å². The number of nitrogens with zero attached hydrogens (tertiary/aromatic N) is 3. The molecule has 3 aromatic rings. The number of hydrogen-bond acceptors (Lipinski definition) is 4. The number of carbonyl (C=O) groups excluding carboxylic acids is 1. The van der Waals surface area contributed by atoms with Crippen LogP contribution in [0.3, 0.4) is 0 Å². The average molecular weight is 427 g/mol. The number of nitrogens with one attached hydrogen (secondary N) is 1. The van der Waals surface area contributed by atoms with E-state index in [4.69, 9.17) is 11.6 Å². The third kappa shape index (κ3) is 4.66. The van der Waals surface area contributed by atoms with Gasteiger partial charge in [-0.2, -0.15) is 13.2 Å². The summed E-state index contributed by atoms with van der Waals surface area (Å²) in [4.78, 5) is 12.9. The second kappa shape index (κ2) is 8.24. The molecule has 0 aliphatic carbocycles. The molecule has 0 bridgehead atoms. The van der Waals surface area contributed by atoms with Gasteiger partial charge in [0.25, 0.3) is 0 Å². The van der Waals surface area contributed by atoms with Crippen LogP contribution >= 0.6 is 23.4 Å². The van der Waals surface area contributed by atoms with E-state index in [1.54, 1.807) is 41.9 Å². The molecule has 0 aliphatic rings. The Balaban J connectivity index is 1.91. The summed E-state index contributed by atoms with van der Waals surface area (Å²) in [5.41, 5.74) is -0.346. The summed E-state index contributed by atoms with van der Waals surface area (Å²) in [6, 6.07) is 11.6. The van der Waals surface area contributed by atoms with Crippen LogP contribution in [0.4, 0.5) is 18.9 Å². The molecule has 0 saturated carbocycles. The van der Waals surface area contributed by atoms with E-state index >= 15 is 0 Å². The first-order chi connectivity index (χ1) is 13.3. The zero-order chi connectivity index (χ0) is 20.3. The molecule has 146 valence electrons. The summed E-state index contributed by atoms with van der Waals surface area (Å²) in [5.74, 6) is -0.527. The zero-order valence-corrected chi connectivity index (χ0v) is 16.0. The van der Waals surface area contributed by atoms with Gasteiger partial charge in [0.15, 0.2) is 5.16 Å². The third-order valence-electron chi connectivity index (χ3n) is 3.79. The number of anilines is 1. The smallest absolute Gasteiger partial charge is 0.323 e. The van der Waals surface area contributed by atoms with Crippen LogP contribution in [0.5, 0.6) is 0 Å². The van der Waals surface area contributed by atoms with Crippen molar-refractivity contribution < 1.29 is 18.0 Å². The summed E-state index contributed by atoms with van der Waals surface area (Å²) in [7, 11) is 1.73. The van der Waals surface area contributed by atoms with Crippen LogP contribution in [0.2, 0.25) is 5.02 Å². The highest BCUT2D eigenvalue weighted by Gasteiger charge is 2.32. The van der Waals surface area contributed by atoms with Gasteiger partial charge in [-0.3, -0.25) is 4.79 Å². The SMILES string of the molecule is Cn1cnnc1S[C@H](C(=O)Nc1cc(C(F)(F)F)ccc1Cl)c1ccccc1. The fourth-order valence-electron chi connectivity index (χ4n) is 2.38. The molecule has 0 saturated heterocycles. The predicted molar refractivity (Wildman–Crippen MR) is 101 cm³/mol. The van der Waals surface area contributed by atoms with Gasteiger partial charge in [-0.1, -0.05) is 53.7 Å². The van der Waals surface area contributed by atoms with Gasteiger partial charge >= 0.3 is 6.18 Å². The minimum atomic E-state index is -4.55. The minimum Gasteiger partial charge on any atom is -0.323 e.